The second-order valence-corrected chi connectivity index (χ2v) is 5.72. The second-order valence-electron chi connectivity index (χ2n) is 5.72. The Hall–Kier alpha value is -0.0400. The van der Waals surface area contributed by atoms with E-state index in [0.29, 0.717) is 0 Å². The van der Waals surface area contributed by atoms with E-state index >= 15 is 0 Å². The zero-order valence-corrected chi connectivity index (χ0v) is 11.1. The largest absolute Gasteiger partial charge is 0.304 e. The molecule has 0 unspecified atom stereocenters. The first-order valence-corrected chi connectivity index (χ1v) is 6.83. The highest BCUT2D eigenvalue weighted by molar-refractivity contribution is 4.77. The molecule has 90 valence electrons. The Morgan fingerprint density at radius 3 is 2.20 bits per heavy atom. The third-order valence-corrected chi connectivity index (χ3v) is 4.09. The third kappa shape index (κ3) is 4.55. The molecule has 0 aliphatic heterocycles. The molecule has 1 saturated carbocycles. The van der Waals surface area contributed by atoms with E-state index < -0.39 is 0 Å². The van der Waals surface area contributed by atoms with Crippen molar-refractivity contribution in [3.63, 3.8) is 0 Å². The van der Waals surface area contributed by atoms with Crippen LogP contribution in [-0.4, -0.2) is 24.5 Å². The van der Waals surface area contributed by atoms with Crippen LogP contribution in [0.2, 0.25) is 0 Å². The summed E-state index contributed by atoms with van der Waals surface area (Å²) < 4.78 is 0. The van der Waals surface area contributed by atoms with Gasteiger partial charge in [0, 0.05) is 6.04 Å². The van der Waals surface area contributed by atoms with Crippen molar-refractivity contribution >= 4 is 0 Å². The molecule has 0 saturated heterocycles. The molecule has 1 nitrogen and oxygen atoms in total. The van der Waals surface area contributed by atoms with E-state index in [9.17, 15) is 0 Å². The van der Waals surface area contributed by atoms with Crippen molar-refractivity contribution in [1.29, 1.82) is 0 Å². The van der Waals surface area contributed by atoms with Gasteiger partial charge < -0.3 is 4.90 Å². The quantitative estimate of drug-likeness (QED) is 0.666. The van der Waals surface area contributed by atoms with Gasteiger partial charge in [0.2, 0.25) is 0 Å². The molecule has 1 aliphatic rings. The molecule has 1 heteroatoms. The smallest absolute Gasteiger partial charge is 0.00923 e. The summed E-state index contributed by atoms with van der Waals surface area (Å²) in [6.07, 6.45) is 8.73. The lowest BCUT2D eigenvalue weighted by atomic mass is 9.82. The summed E-state index contributed by atoms with van der Waals surface area (Å²) in [4.78, 5) is 2.53. The predicted octanol–water partition coefficient (Wildman–Crippen LogP) is 3.93. The Labute approximate surface area is 96.2 Å². The fraction of sp³-hybridized carbons (Fsp3) is 1.00. The van der Waals surface area contributed by atoms with Crippen LogP contribution in [0.3, 0.4) is 0 Å². The fourth-order valence-corrected chi connectivity index (χ4v) is 2.70. The summed E-state index contributed by atoms with van der Waals surface area (Å²) in [5, 5.41) is 0. The minimum atomic E-state index is 0.880. The van der Waals surface area contributed by atoms with Crippen molar-refractivity contribution in [1.82, 2.24) is 4.90 Å². The zero-order chi connectivity index (χ0) is 11.3. The van der Waals surface area contributed by atoms with E-state index in [0.717, 1.165) is 17.9 Å². The summed E-state index contributed by atoms with van der Waals surface area (Å²) in [7, 11) is 2.28. The van der Waals surface area contributed by atoms with Crippen LogP contribution >= 0.6 is 0 Å². The van der Waals surface area contributed by atoms with Gasteiger partial charge in [-0.3, -0.25) is 0 Å². The van der Waals surface area contributed by atoms with Crippen LogP contribution in [0, 0.1) is 11.8 Å². The molecule has 0 heterocycles. The Balaban J connectivity index is 2.18. The molecular formula is C14H29N. The maximum atomic E-state index is 2.53. The first kappa shape index (κ1) is 13.0. The van der Waals surface area contributed by atoms with Gasteiger partial charge in [0.25, 0.3) is 0 Å². The van der Waals surface area contributed by atoms with E-state index in [1.165, 1.54) is 45.1 Å². The van der Waals surface area contributed by atoms with E-state index in [1.54, 1.807) is 0 Å². The molecule has 0 bridgehead atoms. The van der Waals surface area contributed by atoms with Gasteiger partial charge in [0.1, 0.15) is 0 Å². The van der Waals surface area contributed by atoms with Crippen LogP contribution < -0.4 is 0 Å². The summed E-state index contributed by atoms with van der Waals surface area (Å²) >= 11 is 0. The van der Waals surface area contributed by atoms with Gasteiger partial charge in [0.05, 0.1) is 0 Å². The summed E-state index contributed by atoms with van der Waals surface area (Å²) in [6.45, 7) is 8.17. The van der Waals surface area contributed by atoms with Crippen molar-refractivity contribution in [2.24, 2.45) is 11.8 Å². The van der Waals surface area contributed by atoms with Crippen LogP contribution in [0.15, 0.2) is 0 Å². The highest BCUT2D eigenvalue weighted by Gasteiger charge is 2.22. The van der Waals surface area contributed by atoms with Gasteiger partial charge in [0.15, 0.2) is 0 Å². The van der Waals surface area contributed by atoms with Gasteiger partial charge in [-0.1, -0.05) is 33.6 Å². The first-order valence-electron chi connectivity index (χ1n) is 6.83. The Bertz CT molecular complexity index is 157. The molecular weight excluding hydrogens is 182 g/mol. The molecule has 1 rings (SSSR count). The van der Waals surface area contributed by atoms with Gasteiger partial charge in [-0.2, -0.15) is 0 Å². The Morgan fingerprint density at radius 2 is 1.73 bits per heavy atom. The van der Waals surface area contributed by atoms with Crippen LogP contribution in [0.1, 0.15) is 59.3 Å². The molecule has 0 aromatic carbocycles. The molecule has 0 aromatic heterocycles. The molecule has 0 atom stereocenters. The molecule has 1 aliphatic carbocycles. The summed E-state index contributed by atoms with van der Waals surface area (Å²) in [5.41, 5.74) is 0. The van der Waals surface area contributed by atoms with E-state index in [2.05, 4.69) is 32.7 Å². The average Bonchev–Trinajstić information content (AvgIpc) is 2.26. The predicted molar refractivity (Wildman–Crippen MR) is 68.1 cm³/mol. The number of rotatable bonds is 5. The normalized spacial score (nSPS) is 27.6. The van der Waals surface area contributed by atoms with Crippen LogP contribution in [0.25, 0.3) is 0 Å². The van der Waals surface area contributed by atoms with Gasteiger partial charge >= 0.3 is 0 Å². The molecule has 0 radical (unpaired) electrons. The molecule has 0 N–H and O–H groups in total. The maximum Gasteiger partial charge on any atom is 0.00923 e. The minimum Gasteiger partial charge on any atom is -0.304 e. The highest BCUT2D eigenvalue weighted by atomic mass is 15.1. The average molecular weight is 211 g/mol. The van der Waals surface area contributed by atoms with Crippen molar-refractivity contribution < 1.29 is 0 Å². The van der Waals surface area contributed by atoms with Crippen LogP contribution in [-0.2, 0) is 0 Å². The lowest BCUT2D eigenvalue weighted by Crippen LogP contribution is -2.34. The second kappa shape index (κ2) is 6.52. The summed E-state index contributed by atoms with van der Waals surface area (Å²) in [6, 6.07) is 0.880. The van der Waals surface area contributed by atoms with Crippen LogP contribution in [0.5, 0.6) is 0 Å². The van der Waals surface area contributed by atoms with Crippen molar-refractivity contribution in [3.05, 3.63) is 0 Å². The van der Waals surface area contributed by atoms with E-state index in [-0.39, 0.29) is 0 Å². The zero-order valence-electron chi connectivity index (χ0n) is 11.1. The van der Waals surface area contributed by atoms with Gasteiger partial charge in [-0.05, 0) is 51.1 Å². The standard InChI is InChI=1S/C14H29N/c1-5-15(4)14-10-8-13(9-11-14)7-6-12(2)3/h12-14H,5-11H2,1-4H3. The Morgan fingerprint density at radius 1 is 1.13 bits per heavy atom. The van der Waals surface area contributed by atoms with Gasteiger partial charge in [-0.25, -0.2) is 0 Å². The number of nitrogens with zero attached hydrogens (tertiary/aromatic N) is 1. The SMILES string of the molecule is CCN(C)C1CCC(CCC(C)C)CC1. The molecule has 1 fully saturated rings. The Kier molecular flexibility index (Phi) is 5.66. The highest BCUT2D eigenvalue weighted by Crippen LogP contribution is 2.30. The third-order valence-electron chi connectivity index (χ3n) is 4.09. The lowest BCUT2D eigenvalue weighted by molar-refractivity contribution is 0.165. The lowest BCUT2D eigenvalue weighted by Gasteiger charge is -2.34. The molecule has 0 aromatic rings. The molecule has 15 heavy (non-hydrogen) atoms. The molecule has 0 spiro atoms. The topological polar surface area (TPSA) is 3.24 Å². The van der Waals surface area contributed by atoms with E-state index in [1.807, 2.05) is 0 Å². The summed E-state index contributed by atoms with van der Waals surface area (Å²) in [5.74, 6) is 1.93. The monoisotopic (exact) mass is 211 g/mol. The van der Waals surface area contributed by atoms with Crippen LogP contribution in [0.4, 0.5) is 0 Å². The van der Waals surface area contributed by atoms with E-state index in [4.69, 9.17) is 0 Å². The van der Waals surface area contributed by atoms with Crippen molar-refractivity contribution in [2.75, 3.05) is 13.6 Å². The fourth-order valence-electron chi connectivity index (χ4n) is 2.70. The first-order chi connectivity index (χ1) is 7.13. The minimum absolute atomic E-state index is 0.880. The van der Waals surface area contributed by atoms with Crippen molar-refractivity contribution in [2.45, 2.75) is 65.3 Å². The maximum absolute atomic E-state index is 2.53. The molecule has 0 amide bonds. The van der Waals surface area contributed by atoms with Crippen molar-refractivity contribution in [3.8, 4) is 0 Å². The number of hydrogen-bond donors (Lipinski definition) is 0. The van der Waals surface area contributed by atoms with Gasteiger partial charge in [-0.15, -0.1) is 0 Å². The number of hydrogen-bond acceptors (Lipinski definition) is 1.